The van der Waals surface area contributed by atoms with E-state index in [1.54, 1.807) is 0 Å². The van der Waals surface area contributed by atoms with Gasteiger partial charge in [-0.25, -0.2) is 0 Å². The molecule has 2 aliphatic rings. The van der Waals surface area contributed by atoms with Crippen molar-refractivity contribution >= 4 is 11.8 Å². The highest BCUT2D eigenvalue weighted by atomic mass is 32.2. The molecule has 2 rings (SSSR count). The number of nitrogens with one attached hydrogen (secondary N) is 1. The molecule has 0 spiro atoms. The Bertz CT molecular complexity index is 198. The first-order valence-electron chi connectivity index (χ1n) is 6.28. The Morgan fingerprint density at radius 1 is 1.40 bits per heavy atom. The van der Waals surface area contributed by atoms with E-state index in [1.165, 1.54) is 45.4 Å². The highest BCUT2D eigenvalue weighted by Gasteiger charge is 2.33. The molecule has 0 aromatic rings. The monoisotopic (exact) mass is 228 g/mol. The van der Waals surface area contributed by atoms with E-state index in [4.69, 9.17) is 0 Å². The van der Waals surface area contributed by atoms with E-state index in [-0.39, 0.29) is 0 Å². The van der Waals surface area contributed by atoms with Crippen LogP contribution < -0.4 is 5.32 Å². The van der Waals surface area contributed by atoms with Crippen molar-refractivity contribution < 1.29 is 0 Å². The normalized spacial score (nSPS) is 36.8. The lowest BCUT2D eigenvalue weighted by molar-refractivity contribution is 0.221. The van der Waals surface area contributed by atoms with Crippen LogP contribution in [-0.4, -0.2) is 48.6 Å². The fraction of sp³-hybridized carbons (Fsp3) is 1.00. The summed E-state index contributed by atoms with van der Waals surface area (Å²) in [6, 6.07) is 0.817. The zero-order chi connectivity index (χ0) is 10.7. The summed E-state index contributed by atoms with van der Waals surface area (Å²) in [7, 11) is 0. The van der Waals surface area contributed by atoms with Gasteiger partial charge in [-0.15, -0.1) is 0 Å². The van der Waals surface area contributed by atoms with Crippen LogP contribution >= 0.6 is 11.8 Å². The minimum Gasteiger partial charge on any atom is -0.314 e. The van der Waals surface area contributed by atoms with Gasteiger partial charge in [0.25, 0.3) is 0 Å². The molecule has 2 heterocycles. The van der Waals surface area contributed by atoms with Crippen LogP contribution in [0.25, 0.3) is 0 Å². The van der Waals surface area contributed by atoms with Gasteiger partial charge >= 0.3 is 0 Å². The summed E-state index contributed by atoms with van der Waals surface area (Å²) in [4.78, 5) is 2.62. The van der Waals surface area contributed by atoms with Gasteiger partial charge in [-0.05, 0) is 51.1 Å². The minimum atomic E-state index is 0.807. The molecule has 0 radical (unpaired) electrons. The van der Waals surface area contributed by atoms with E-state index in [2.05, 4.69) is 23.4 Å². The van der Waals surface area contributed by atoms with E-state index < -0.39 is 0 Å². The highest BCUT2D eigenvalue weighted by molar-refractivity contribution is 7.99. The molecule has 0 aromatic carbocycles. The van der Waals surface area contributed by atoms with Crippen molar-refractivity contribution in [2.75, 3.05) is 32.4 Å². The molecule has 88 valence electrons. The third kappa shape index (κ3) is 3.11. The number of thioether (sulfide) groups is 1. The molecule has 0 aliphatic carbocycles. The Morgan fingerprint density at radius 3 is 3.00 bits per heavy atom. The number of hydrogen-bond donors (Lipinski definition) is 1. The molecular formula is C12H24N2S. The Kier molecular flexibility index (Phi) is 4.35. The van der Waals surface area contributed by atoms with Gasteiger partial charge in [-0.1, -0.05) is 6.92 Å². The number of fused-ring (bicyclic) bond motifs is 2. The maximum absolute atomic E-state index is 3.77. The van der Waals surface area contributed by atoms with Gasteiger partial charge in [0.15, 0.2) is 0 Å². The summed E-state index contributed by atoms with van der Waals surface area (Å²) >= 11 is 1.98. The first kappa shape index (κ1) is 11.7. The van der Waals surface area contributed by atoms with E-state index >= 15 is 0 Å². The van der Waals surface area contributed by atoms with Crippen molar-refractivity contribution in [3.8, 4) is 0 Å². The lowest BCUT2D eigenvalue weighted by atomic mass is 9.94. The molecule has 2 bridgehead atoms. The molecule has 1 N–H and O–H groups in total. The molecule has 2 fully saturated rings. The number of nitrogens with zero attached hydrogens (tertiary/aromatic N) is 1. The average Bonchev–Trinajstić information content (AvgIpc) is 2.64. The van der Waals surface area contributed by atoms with Crippen molar-refractivity contribution in [2.24, 2.45) is 5.92 Å². The largest absolute Gasteiger partial charge is 0.314 e. The smallest absolute Gasteiger partial charge is 0.0120 e. The van der Waals surface area contributed by atoms with Crippen LogP contribution in [0.5, 0.6) is 0 Å². The van der Waals surface area contributed by atoms with E-state index in [1.807, 2.05) is 11.8 Å². The van der Waals surface area contributed by atoms with Crippen LogP contribution in [0, 0.1) is 5.92 Å². The second kappa shape index (κ2) is 5.55. The molecule has 2 saturated heterocycles. The first-order valence-corrected chi connectivity index (χ1v) is 7.57. The lowest BCUT2D eigenvalue weighted by Gasteiger charge is -2.31. The van der Waals surface area contributed by atoms with Gasteiger partial charge < -0.3 is 10.2 Å². The topological polar surface area (TPSA) is 15.3 Å². The predicted octanol–water partition coefficient (Wildman–Crippen LogP) is 1.81. The molecule has 2 nitrogen and oxygen atoms in total. The fourth-order valence-corrected chi connectivity index (χ4v) is 3.16. The van der Waals surface area contributed by atoms with Gasteiger partial charge in [0.05, 0.1) is 0 Å². The lowest BCUT2D eigenvalue weighted by Crippen LogP contribution is -2.44. The molecule has 0 amide bonds. The number of hydrogen-bond acceptors (Lipinski definition) is 3. The Labute approximate surface area is 98.2 Å². The second-order valence-electron chi connectivity index (χ2n) is 5.03. The van der Waals surface area contributed by atoms with Crippen LogP contribution in [0.3, 0.4) is 0 Å². The molecule has 4 atom stereocenters. The summed E-state index contributed by atoms with van der Waals surface area (Å²) in [5.74, 6) is 0.948. The quantitative estimate of drug-likeness (QED) is 0.772. The van der Waals surface area contributed by atoms with Crippen molar-refractivity contribution in [2.45, 2.75) is 37.5 Å². The number of rotatable bonds is 5. The standard InChI is InChI=1S/C12H24N2S/c1-10(15-2)3-6-13-12-5-8-14-7-4-11(12)9-14/h10-13H,3-9H2,1-2H3. The fourth-order valence-electron chi connectivity index (χ4n) is 2.81. The van der Waals surface area contributed by atoms with E-state index in [9.17, 15) is 0 Å². The molecule has 0 saturated carbocycles. The summed E-state index contributed by atoms with van der Waals surface area (Å²) in [5, 5.41) is 4.58. The summed E-state index contributed by atoms with van der Waals surface area (Å²) in [6.07, 6.45) is 6.32. The molecule has 3 heteroatoms. The summed E-state index contributed by atoms with van der Waals surface area (Å²) in [6.45, 7) is 7.57. The van der Waals surface area contributed by atoms with Crippen LogP contribution in [0.2, 0.25) is 0 Å². The first-order chi connectivity index (χ1) is 7.29. The second-order valence-corrected chi connectivity index (χ2v) is 6.31. The van der Waals surface area contributed by atoms with Gasteiger partial charge in [0.2, 0.25) is 0 Å². The van der Waals surface area contributed by atoms with Crippen molar-refractivity contribution in [1.29, 1.82) is 0 Å². The summed E-state index contributed by atoms with van der Waals surface area (Å²) < 4.78 is 0. The van der Waals surface area contributed by atoms with Crippen molar-refractivity contribution in [1.82, 2.24) is 10.2 Å². The highest BCUT2D eigenvalue weighted by Crippen LogP contribution is 2.27. The molecule has 15 heavy (non-hydrogen) atoms. The van der Waals surface area contributed by atoms with Crippen molar-refractivity contribution in [3.05, 3.63) is 0 Å². The molecule has 0 aromatic heterocycles. The van der Waals surface area contributed by atoms with Crippen LogP contribution in [0.4, 0.5) is 0 Å². The maximum Gasteiger partial charge on any atom is 0.0120 e. The minimum absolute atomic E-state index is 0.807. The third-order valence-electron chi connectivity index (χ3n) is 3.99. The van der Waals surface area contributed by atoms with Crippen LogP contribution in [0.15, 0.2) is 0 Å². The third-order valence-corrected chi connectivity index (χ3v) is 5.03. The summed E-state index contributed by atoms with van der Waals surface area (Å²) in [5.41, 5.74) is 0. The van der Waals surface area contributed by atoms with Gasteiger partial charge in [0, 0.05) is 17.8 Å². The Hall–Kier alpha value is 0.270. The molecule has 2 aliphatic heterocycles. The molecule has 4 unspecified atom stereocenters. The van der Waals surface area contributed by atoms with Gasteiger partial charge in [-0.2, -0.15) is 11.8 Å². The van der Waals surface area contributed by atoms with Crippen LogP contribution in [-0.2, 0) is 0 Å². The van der Waals surface area contributed by atoms with E-state index in [0.717, 1.165) is 17.2 Å². The SMILES string of the molecule is CSC(C)CCNC1CCN2CCC1C2. The van der Waals surface area contributed by atoms with Crippen LogP contribution in [0.1, 0.15) is 26.2 Å². The Balaban J connectivity index is 1.66. The number of piperidine rings is 1. The van der Waals surface area contributed by atoms with Crippen molar-refractivity contribution in [3.63, 3.8) is 0 Å². The zero-order valence-electron chi connectivity index (χ0n) is 10.0. The van der Waals surface area contributed by atoms with E-state index in [0.29, 0.717) is 0 Å². The predicted molar refractivity (Wildman–Crippen MR) is 68.5 cm³/mol. The Morgan fingerprint density at radius 2 is 2.20 bits per heavy atom. The van der Waals surface area contributed by atoms with Gasteiger partial charge in [0.1, 0.15) is 0 Å². The molecular weight excluding hydrogens is 204 g/mol. The zero-order valence-corrected chi connectivity index (χ0v) is 10.9. The maximum atomic E-state index is 3.77. The van der Waals surface area contributed by atoms with Gasteiger partial charge in [-0.3, -0.25) is 0 Å². The average molecular weight is 228 g/mol.